The summed E-state index contributed by atoms with van der Waals surface area (Å²) in [5.74, 6) is 0.0847. The van der Waals surface area contributed by atoms with Crippen LogP contribution in [0.5, 0.6) is 5.75 Å². The lowest BCUT2D eigenvalue weighted by Crippen LogP contribution is -1.97. The van der Waals surface area contributed by atoms with Gasteiger partial charge in [0.1, 0.15) is 5.75 Å². The van der Waals surface area contributed by atoms with Crippen LogP contribution in [0.15, 0.2) is 18.2 Å². The molecule has 0 saturated heterocycles. The number of aryl methyl sites for hydroxylation is 2. The highest BCUT2D eigenvalue weighted by atomic mass is 16.5. The molecule has 0 aliphatic rings. The number of aliphatic carboxylic acids is 1. The van der Waals surface area contributed by atoms with E-state index < -0.39 is 5.97 Å². The second-order valence-electron chi connectivity index (χ2n) is 3.54. The first-order valence-electron chi connectivity index (χ1n) is 4.99. The van der Waals surface area contributed by atoms with Gasteiger partial charge in [-0.15, -0.1) is 0 Å². The highest BCUT2D eigenvalue weighted by Crippen LogP contribution is 2.18. The molecule has 1 rings (SSSR count). The fourth-order valence-electron chi connectivity index (χ4n) is 1.47. The zero-order chi connectivity index (χ0) is 11.3. The van der Waals surface area contributed by atoms with Gasteiger partial charge in [-0.1, -0.05) is 6.07 Å². The molecule has 0 unspecified atom stereocenters. The minimum Gasteiger partial charge on any atom is -0.497 e. The molecule has 1 aromatic rings. The molecule has 0 heterocycles. The van der Waals surface area contributed by atoms with Crippen molar-refractivity contribution in [2.75, 3.05) is 7.11 Å². The Bertz CT molecular complexity index is 345. The molecule has 1 aromatic carbocycles. The lowest BCUT2D eigenvalue weighted by Gasteiger charge is -2.07. The number of carbonyl (C=O) groups is 1. The Hall–Kier alpha value is -1.51. The van der Waals surface area contributed by atoms with Crippen molar-refractivity contribution < 1.29 is 14.6 Å². The van der Waals surface area contributed by atoms with Crippen LogP contribution in [-0.4, -0.2) is 18.2 Å². The van der Waals surface area contributed by atoms with Gasteiger partial charge in [0.2, 0.25) is 0 Å². The predicted octanol–water partition coefficient (Wildman–Crippen LogP) is 2.41. The predicted molar refractivity (Wildman–Crippen MR) is 58.3 cm³/mol. The summed E-state index contributed by atoms with van der Waals surface area (Å²) in [4.78, 5) is 10.4. The third-order valence-corrected chi connectivity index (χ3v) is 2.39. The van der Waals surface area contributed by atoms with E-state index in [1.54, 1.807) is 7.11 Å². The summed E-state index contributed by atoms with van der Waals surface area (Å²) in [5, 5.41) is 8.54. The van der Waals surface area contributed by atoms with Gasteiger partial charge in [0.25, 0.3) is 0 Å². The van der Waals surface area contributed by atoms with Crippen molar-refractivity contribution in [2.24, 2.45) is 0 Å². The Kier molecular flexibility index (Phi) is 4.16. The number of carboxylic acid groups (broad SMARTS) is 1. The van der Waals surface area contributed by atoms with E-state index in [0.29, 0.717) is 6.42 Å². The van der Waals surface area contributed by atoms with Gasteiger partial charge in [0.05, 0.1) is 7.11 Å². The molecule has 0 amide bonds. The standard InChI is InChI=1S/C12H16O3/c1-9-6-7-11(15-2)8-10(9)4-3-5-12(13)14/h6-8H,3-5H2,1-2H3,(H,13,14). The van der Waals surface area contributed by atoms with E-state index in [-0.39, 0.29) is 6.42 Å². The summed E-state index contributed by atoms with van der Waals surface area (Å²) < 4.78 is 5.12. The third-order valence-electron chi connectivity index (χ3n) is 2.39. The van der Waals surface area contributed by atoms with E-state index in [4.69, 9.17) is 9.84 Å². The normalized spacial score (nSPS) is 10.0. The van der Waals surface area contributed by atoms with Gasteiger partial charge in [-0.3, -0.25) is 4.79 Å². The van der Waals surface area contributed by atoms with Gasteiger partial charge in [-0.05, 0) is 43.0 Å². The quantitative estimate of drug-likeness (QED) is 0.808. The highest BCUT2D eigenvalue weighted by Gasteiger charge is 2.02. The van der Waals surface area contributed by atoms with Crippen molar-refractivity contribution in [1.29, 1.82) is 0 Å². The Morgan fingerprint density at radius 1 is 1.47 bits per heavy atom. The monoisotopic (exact) mass is 208 g/mol. The maximum atomic E-state index is 10.4. The molecule has 0 atom stereocenters. The number of hydrogen-bond acceptors (Lipinski definition) is 2. The SMILES string of the molecule is COc1ccc(C)c(CCCC(=O)O)c1. The van der Waals surface area contributed by atoms with E-state index in [2.05, 4.69) is 0 Å². The van der Waals surface area contributed by atoms with Gasteiger partial charge in [-0.2, -0.15) is 0 Å². The van der Waals surface area contributed by atoms with Gasteiger partial charge in [0.15, 0.2) is 0 Å². The zero-order valence-electron chi connectivity index (χ0n) is 9.12. The van der Waals surface area contributed by atoms with Crippen LogP contribution in [0.25, 0.3) is 0 Å². The Labute approximate surface area is 89.7 Å². The summed E-state index contributed by atoms with van der Waals surface area (Å²) in [5.41, 5.74) is 2.34. The fourth-order valence-corrected chi connectivity index (χ4v) is 1.47. The molecule has 3 nitrogen and oxygen atoms in total. The van der Waals surface area contributed by atoms with E-state index in [1.165, 1.54) is 5.56 Å². The molecule has 15 heavy (non-hydrogen) atoms. The zero-order valence-corrected chi connectivity index (χ0v) is 9.12. The van der Waals surface area contributed by atoms with Crippen molar-refractivity contribution >= 4 is 5.97 Å². The van der Waals surface area contributed by atoms with E-state index >= 15 is 0 Å². The van der Waals surface area contributed by atoms with Crippen LogP contribution in [-0.2, 0) is 11.2 Å². The van der Waals surface area contributed by atoms with E-state index in [9.17, 15) is 4.79 Å². The molecule has 0 aliphatic carbocycles. The van der Waals surface area contributed by atoms with Crippen molar-refractivity contribution in [2.45, 2.75) is 26.2 Å². The van der Waals surface area contributed by atoms with Crippen molar-refractivity contribution in [3.63, 3.8) is 0 Å². The number of benzene rings is 1. The lowest BCUT2D eigenvalue weighted by atomic mass is 10.0. The molecule has 0 saturated carbocycles. The van der Waals surface area contributed by atoms with Gasteiger partial charge in [-0.25, -0.2) is 0 Å². The fraction of sp³-hybridized carbons (Fsp3) is 0.417. The first kappa shape index (κ1) is 11.6. The molecule has 3 heteroatoms. The number of hydrogen-bond donors (Lipinski definition) is 1. The Balaban J connectivity index is 2.62. The average Bonchev–Trinajstić information content (AvgIpc) is 2.20. The maximum Gasteiger partial charge on any atom is 0.303 e. The smallest absolute Gasteiger partial charge is 0.303 e. The summed E-state index contributed by atoms with van der Waals surface area (Å²) in [6, 6.07) is 5.88. The summed E-state index contributed by atoms with van der Waals surface area (Å²) in [6.45, 7) is 2.02. The number of rotatable bonds is 5. The van der Waals surface area contributed by atoms with Crippen molar-refractivity contribution in [3.05, 3.63) is 29.3 Å². The second kappa shape index (κ2) is 5.39. The molecule has 0 spiro atoms. The van der Waals surface area contributed by atoms with Crippen LogP contribution in [0.1, 0.15) is 24.0 Å². The van der Waals surface area contributed by atoms with Crippen LogP contribution >= 0.6 is 0 Å². The van der Waals surface area contributed by atoms with Gasteiger partial charge >= 0.3 is 5.97 Å². The van der Waals surface area contributed by atoms with E-state index in [1.807, 2.05) is 25.1 Å². The van der Waals surface area contributed by atoms with Crippen LogP contribution in [0.4, 0.5) is 0 Å². The Morgan fingerprint density at radius 2 is 2.20 bits per heavy atom. The largest absolute Gasteiger partial charge is 0.497 e. The highest BCUT2D eigenvalue weighted by molar-refractivity contribution is 5.66. The summed E-state index contributed by atoms with van der Waals surface area (Å²) in [6.07, 6.45) is 1.68. The van der Waals surface area contributed by atoms with Crippen molar-refractivity contribution in [3.8, 4) is 5.75 Å². The summed E-state index contributed by atoms with van der Waals surface area (Å²) in [7, 11) is 1.63. The van der Waals surface area contributed by atoms with Crippen molar-refractivity contribution in [1.82, 2.24) is 0 Å². The average molecular weight is 208 g/mol. The summed E-state index contributed by atoms with van der Waals surface area (Å²) >= 11 is 0. The van der Waals surface area contributed by atoms with Crippen LogP contribution in [0, 0.1) is 6.92 Å². The third kappa shape index (κ3) is 3.62. The molecule has 0 aliphatic heterocycles. The van der Waals surface area contributed by atoms with E-state index in [0.717, 1.165) is 17.7 Å². The first-order valence-corrected chi connectivity index (χ1v) is 4.99. The number of carboxylic acids is 1. The Morgan fingerprint density at radius 3 is 2.80 bits per heavy atom. The molecular weight excluding hydrogens is 192 g/mol. The topological polar surface area (TPSA) is 46.5 Å². The van der Waals surface area contributed by atoms with Gasteiger partial charge < -0.3 is 9.84 Å². The molecule has 0 radical (unpaired) electrons. The first-order chi connectivity index (χ1) is 7.13. The molecular formula is C12H16O3. The van der Waals surface area contributed by atoms with Gasteiger partial charge in [0, 0.05) is 6.42 Å². The molecule has 0 bridgehead atoms. The minimum absolute atomic E-state index is 0.219. The lowest BCUT2D eigenvalue weighted by molar-refractivity contribution is -0.137. The molecule has 82 valence electrons. The maximum absolute atomic E-state index is 10.4. The minimum atomic E-state index is -0.740. The molecule has 0 aromatic heterocycles. The molecule has 0 fully saturated rings. The van der Waals surface area contributed by atoms with Crippen LogP contribution < -0.4 is 4.74 Å². The molecule has 1 N–H and O–H groups in total. The number of ether oxygens (including phenoxy) is 1. The van der Waals surface area contributed by atoms with Crippen LogP contribution in [0.2, 0.25) is 0 Å². The second-order valence-corrected chi connectivity index (χ2v) is 3.54. The number of methoxy groups -OCH3 is 1. The van der Waals surface area contributed by atoms with Crippen LogP contribution in [0.3, 0.4) is 0 Å².